The zero-order valence-electron chi connectivity index (χ0n) is 5.02. The summed E-state index contributed by atoms with van der Waals surface area (Å²) in [6.45, 7) is 6.98. The summed E-state index contributed by atoms with van der Waals surface area (Å²) in [5, 5.41) is 0.745. The smallest absolute Gasteiger partial charge is 0.220 e. The van der Waals surface area contributed by atoms with Crippen molar-refractivity contribution in [2.45, 2.75) is 0 Å². The van der Waals surface area contributed by atoms with Crippen LogP contribution in [0.3, 0.4) is 0 Å². The average Bonchev–Trinajstić information content (AvgIpc) is 1.68. The first-order valence-corrected chi connectivity index (χ1v) is 4.35. The maximum atomic E-state index is 4.96. The molecule has 0 saturated heterocycles. The Labute approximate surface area is 54.7 Å². The van der Waals surface area contributed by atoms with Gasteiger partial charge in [-0.2, -0.15) is 0 Å². The Bertz CT molecular complexity index is 92.0. The maximum absolute atomic E-state index is 4.96. The zero-order valence-corrected chi connectivity index (χ0v) is 8.43. The molecule has 0 spiro atoms. The van der Waals surface area contributed by atoms with Crippen LogP contribution in [0.2, 0.25) is 0 Å². The molecule has 0 amide bonds. The lowest BCUT2D eigenvalue weighted by Crippen LogP contribution is -1.99. The number of ether oxygens (including phenoxy) is 1. The molecule has 0 unspecified atom stereocenters. The van der Waals surface area contributed by atoms with Crippen LogP contribution in [-0.2, 0) is 8.85 Å². The molecule has 0 aromatic rings. The molecule has 46 valence electrons. The fraction of sp³-hybridized carbons (Fsp3) is 0. The third-order valence-corrected chi connectivity index (χ3v) is 2.20. The lowest BCUT2D eigenvalue weighted by atomic mass is 11.1. The first kappa shape index (κ1) is 7.67. The molecule has 0 aliphatic heterocycles. The van der Waals surface area contributed by atoms with E-state index in [9.17, 15) is 0 Å². The highest BCUT2D eigenvalue weighted by Gasteiger charge is 1.87. The number of hydrogen-bond acceptors (Lipinski definition) is 2. The third kappa shape index (κ3) is 3.85. The Morgan fingerprint density at radius 2 is 2.38 bits per heavy atom. The van der Waals surface area contributed by atoms with E-state index in [0.29, 0.717) is 0 Å². The number of hydrogen-bond donors (Lipinski definition) is 0. The summed E-state index contributed by atoms with van der Waals surface area (Å²) in [6.07, 6.45) is 1.37. The van der Waals surface area contributed by atoms with Crippen molar-refractivity contribution in [3.05, 3.63) is 24.8 Å². The van der Waals surface area contributed by atoms with Crippen LogP contribution in [0.4, 0.5) is 0 Å². The van der Waals surface area contributed by atoms with E-state index in [1.165, 1.54) is 6.26 Å². The molecule has 0 aromatic carbocycles. The standard InChI is InChI=1S/C4H10O2Si2/c1-3-5-4(2)8-6-7/h3H,1-2,8H2,7H3. The van der Waals surface area contributed by atoms with Crippen LogP contribution in [0.25, 0.3) is 0 Å². The minimum atomic E-state index is -0.591. The Morgan fingerprint density at radius 3 is 2.75 bits per heavy atom. The lowest BCUT2D eigenvalue weighted by molar-refractivity contribution is 0.377. The summed E-state index contributed by atoms with van der Waals surface area (Å²) in [7, 11) is 0.190. The van der Waals surface area contributed by atoms with Gasteiger partial charge in [0.05, 0.1) is 11.6 Å². The summed E-state index contributed by atoms with van der Waals surface area (Å²) in [5.41, 5.74) is 0. The van der Waals surface area contributed by atoms with Crippen molar-refractivity contribution in [1.82, 2.24) is 0 Å². The van der Waals surface area contributed by atoms with Gasteiger partial charge in [0, 0.05) is 0 Å². The molecule has 0 aliphatic carbocycles. The van der Waals surface area contributed by atoms with Gasteiger partial charge in [-0.25, -0.2) is 0 Å². The van der Waals surface area contributed by atoms with Crippen LogP contribution in [0, 0.1) is 0 Å². The van der Waals surface area contributed by atoms with Gasteiger partial charge in [-0.05, 0) is 0 Å². The molecule has 0 heterocycles. The predicted octanol–water partition coefficient (Wildman–Crippen LogP) is -1.00. The van der Waals surface area contributed by atoms with Crippen LogP contribution >= 0.6 is 0 Å². The van der Waals surface area contributed by atoms with Gasteiger partial charge in [0.1, 0.15) is 10.5 Å². The SMILES string of the molecule is C=COC(=C)[SiH2]O[SiH3]. The molecule has 0 aliphatic rings. The molecule has 0 fully saturated rings. The number of rotatable bonds is 4. The molecule has 2 nitrogen and oxygen atoms in total. The molecule has 0 bridgehead atoms. The normalized spacial score (nSPS) is 10.0. The first-order chi connectivity index (χ1) is 3.81. The second kappa shape index (κ2) is 4.82. The van der Waals surface area contributed by atoms with Crippen molar-refractivity contribution in [1.29, 1.82) is 0 Å². The molecule has 0 saturated carbocycles. The quantitative estimate of drug-likeness (QED) is 0.374. The topological polar surface area (TPSA) is 18.5 Å². The van der Waals surface area contributed by atoms with E-state index in [-0.39, 0.29) is 0 Å². The van der Waals surface area contributed by atoms with Gasteiger partial charge < -0.3 is 8.85 Å². The van der Waals surface area contributed by atoms with Crippen LogP contribution < -0.4 is 0 Å². The fourth-order valence-electron chi connectivity index (χ4n) is 0.313. The monoisotopic (exact) mass is 146 g/mol. The first-order valence-electron chi connectivity index (χ1n) is 2.25. The molecular formula is C4H10O2Si2. The largest absolute Gasteiger partial charge is 0.473 e. The Balaban J connectivity index is 3.18. The summed E-state index contributed by atoms with van der Waals surface area (Å²) in [5.74, 6) is 0. The van der Waals surface area contributed by atoms with Crippen molar-refractivity contribution in [3.8, 4) is 0 Å². The zero-order chi connectivity index (χ0) is 6.41. The molecule has 4 heteroatoms. The highest BCUT2D eigenvalue weighted by atomic mass is 28.3. The van der Waals surface area contributed by atoms with Crippen molar-refractivity contribution in [2.24, 2.45) is 0 Å². The molecular weight excluding hydrogens is 136 g/mol. The average molecular weight is 146 g/mol. The molecule has 8 heavy (non-hydrogen) atoms. The van der Waals surface area contributed by atoms with Crippen LogP contribution in [0.15, 0.2) is 24.8 Å². The van der Waals surface area contributed by atoms with Gasteiger partial charge in [-0.1, -0.05) is 13.2 Å². The van der Waals surface area contributed by atoms with Gasteiger partial charge in [-0.3, -0.25) is 0 Å². The van der Waals surface area contributed by atoms with Crippen molar-refractivity contribution in [2.75, 3.05) is 0 Å². The minimum Gasteiger partial charge on any atom is -0.473 e. The van der Waals surface area contributed by atoms with Crippen LogP contribution in [-0.4, -0.2) is 20.2 Å². The fourth-order valence-corrected chi connectivity index (χ4v) is 1.79. The van der Waals surface area contributed by atoms with E-state index in [0.717, 1.165) is 15.9 Å². The van der Waals surface area contributed by atoms with Crippen LogP contribution in [0.1, 0.15) is 0 Å². The Morgan fingerprint density at radius 1 is 1.75 bits per heavy atom. The molecule has 0 rings (SSSR count). The molecule has 0 aromatic heterocycles. The van der Waals surface area contributed by atoms with Crippen molar-refractivity contribution >= 4 is 20.2 Å². The van der Waals surface area contributed by atoms with Crippen LogP contribution in [0.5, 0.6) is 0 Å². The summed E-state index contributed by atoms with van der Waals surface area (Å²) >= 11 is 0. The van der Waals surface area contributed by atoms with E-state index in [4.69, 9.17) is 8.85 Å². The molecule has 0 radical (unpaired) electrons. The summed E-state index contributed by atoms with van der Waals surface area (Å²) in [6, 6.07) is 0. The van der Waals surface area contributed by atoms with E-state index in [1.54, 1.807) is 0 Å². The highest BCUT2D eigenvalue weighted by molar-refractivity contribution is 6.41. The van der Waals surface area contributed by atoms with Gasteiger partial charge in [0.2, 0.25) is 9.76 Å². The molecule has 0 atom stereocenters. The lowest BCUT2D eigenvalue weighted by Gasteiger charge is -1.99. The Kier molecular flexibility index (Phi) is 4.63. The maximum Gasteiger partial charge on any atom is 0.220 e. The second-order valence-electron chi connectivity index (χ2n) is 1.26. The van der Waals surface area contributed by atoms with Crippen molar-refractivity contribution in [3.63, 3.8) is 0 Å². The van der Waals surface area contributed by atoms with E-state index in [1.807, 2.05) is 0 Å². The Hall–Kier alpha value is -0.326. The summed E-state index contributed by atoms with van der Waals surface area (Å²) < 4.78 is 9.77. The van der Waals surface area contributed by atoms with Gasteiger partial charge in [-0.15, -0.1) is 0 Å². The summed E-state index contributed by atoms with van der Waals surface area (Å²) in [4.78, 5) is 0. The van der Waals surface area contributed by atoms with E-state index in [2.05, 4.69) is 13.2 Å². The highest BCUT2D eigenvalue weighted by Crippen LogP contribution is 1.88. The van der Waals surface area contributed by atoms with Crippen molar-refractivity contribution < 1.29 is 8.85 Å². The van der Waals surface area contributed by atoms with E-state index < -0.39 is 9.76 Å². The van der Waals surface area contributed by atoms with E-state index >= 15 is 0 Å². The minimum absolute atomic E-state index is 0.591. The third-order valence-electron chi connectivity index (χ3n) is 0.555. The molecule has 0 N–H and O–H groups in total. The second-order valence-corrected chi connectivity index (χ2v) is 4.64. The van der Waals surface area contributed by atoms with Gasteiger partial charge in [0.15, 0.2) is 0 Å². The predicted molar refractivity (Wildman–Crippen MR) is 40.0 cm³/mol. The van der Waals surface area contributed by atoms with Gasteiger partial charge in [0.25, 0.3) is 0 Å². The van der Waals surface area contributed by atoms with Gasteiger partial charge >= 0.3 is 0 Å².